The van der Waals surface area contributed by atoms with Crippen LogP contribution in [0.3, 0.4) is 0 Å². The Morgan fingerprint density at radius 3 is 1.86 bits per heavy atom. The number of ether oxygens (including phenoxy) is 3. The van der Waals surface area contributed by atoms with E-state index in [9.17, 15) is 38.0 Å². The number of rotatable bonds is 17. The van der Waals surface area contributed by atoms with E-state index in [1.807, 2.05) is 41.5 Å². The van der Waals surface area contributed by atoms with Crippen molar-refractivity contribution >= 4 is 48.2 Å². The Morgan fingerprint density at radius 1 is 0.862 bits per heavy atom. The van der Waals surface area contributed by atoms with Crippen LogP contribution in [-0.2, 0) is 50.9 Å². The van der Waals surface area contributed by atoms with Crippen molar-refractivity contribution in [2.24, 2.45) is 4.99 Å². The molecule has 0 radical (unpaired) electrons. The van der Waals surface area contributed by atoms with Gasteiger partial charge < -0.3 is 28.6 Å². The van der Waals surface area contributed by atoms with E-state index in [2.05, 4.69) is 4.99 Å². The average molecular weight is 843 g/mol. The first kappa shape index (κ1) is 45.5. The summed E-state index contributed by atoms with van der Waals surface area (Å²) in [6.45, 7) is 11.0. The van der Waals surface area contributed by atoms with Gasteiger partial charge in [0, 0.05) is 12.1 Å². The zero-order valence-electron chi connectivity index (χ0n) is 33.4. The summed E-state index contributed by atoms with van der Waals surface area (Å²) < 4.78 is 55.1. The third-order valence-electron chi connectivity index (χ3n) is 9.96. The topological polar surface area (TPSA) is 214 Å². The van der Waals surface area contributed by atoms with Crippen molar-refractivity contribution in [3.63, 3.8) is 0 Å². The molecule has 0 bridgehead atoms. The highest BCUT2D eigenvalue weighted by Gasteiger charge is 2.51. The molecule has 19 heteroatoms. The second-order valence-corrected chi connectivity index (χ2v) is 21.5. The number of aliphatic hydroxyl groups is 1. The highest BCUT2D eigenvalue weighted by Crippen LogP contribution is 2.43. The number of nitro benzene ring substituents is 1. The summed E-state index contributed by atoms with van der Waals surface area (Å²) in [7, 11) is -6.68. The number of hydrogen-bond donors (Lipinski definition) is 1. The molecule has 3 atom stereocenters. The zero-order chi connectivity index (χ0) is 42.8. The first-order chi connectivity index (χ1) is 27.4. The molecule has 3 aromatic carbocycles. The standard InChI is InChI=1S/C39H50N4O13SSi/c1-26(2)58(27(3)4,28(5)6)55-25-42-33(34(44)35(36(45)52-7)56-57(50,51)32-20-18-31(19-21-32)43(48)49)22-41(39(47)54-24-30-16-12-9-13-17-30)37(42)40-38(46)53-23-29-14-10-8-11-15-29/h8-21,26-28,33-35,44H,22-25H2,1-7H3/b40-37-/t33-,34-,35+/m0/s1. The molecule has 1 N–H and O–H groups in total. The van der Waals surface area contributed by atoms with Crippen molar-refractivity contribution in [1.82, 2.24) is 9.80 Å². The van der Waals surface area contributed by atoms with E-state index in [0.29, 0.717) is 11.1 Å². The van der Waals surface area contributed by atoms with Crippen molar-refractivity contribution in [1.29, 1.82) is 0 Å². The molecule has 3 aromatic rings. The second-order valence-electron chi connectivity index (χ2n) is 14.5. The van der Waals surface area contributed by atoms with E-state index in [-0.39, 0.29) is 42.5 Å². The highest BCUT2D eigenvalue weighted by molar-refractivity contribution is 7.86. The maximum Gasteiger partial charge on any atom is 0.437 e. The van der Waals surface area contributed by atoms with E-state index < -0.39 is 76.9 Å². The van der Waals surface area contributed by atoms with Gasteiger partial charge in [0.05, 0.1) is 29.5 Å². The molecule has 1 aliphatic rings. The Morgan fingerprint density at radius 2 is 1.38 bits per heavy atom. The molecule has 1 heterocycles. The Hall–Kier alpha value is -5.21. The molecule has 0 aromatic heterocycles. The fourth-order valence-corrected chi connectivity index (χ4v) is 13.6. The number of non-ortho nitro benzene ring substituents is 1. The van der Waals surface area contributed by atoms with Gasteiger partial charge in [0.15, 0.2) is 0 Å². The predicted molar refractivity (Wildman–Crippen MR) is 213 cm³/mol. The van der Waals surface area contributed by atoms with E-state index in [1.54, 1.807) is 60.7 Å². The molecule has 0 aliphatic carbocycles. The van der Waals surface area contributed by atoms with Gasteiger partial charge in [0.25, 0.3) is 15.8 Å². The Labute approximate surface area is 338 Å². The first-order valence-electron chi connectivity index (χ1n) is 18.5. The lowest BCUT2D eigenvalue weighted by atomic mass is 10.1. The summed E-state index contributed by atoms with van der Waals surface area (Å²) in [6.07, 6.45) is -6.46. The van der Waals surface area contributed by atoms with Gasteiger partial charge in [-0.25, -0.2) is 23.5 Å². The molecule has 4 rings (SSSR count). The Bertz CT molecular complexity index is 2000. The summed E-state index contributed by atoms with van der Waals surface area (Å²) in [5.41, 5.74) is 1.06. The van der Waals surface area contributed by atoms with E-state index in [1.165, 1.54) is 4.90 Å². The van der Waals surface area contributed by atoms with Gasteiger partial charge in [-0.1, -0.05) is 102 Å². The van der Waals surface area contributed by atoms with E-state index >= 15 is 0 Å². The molecule has 1 fully saturated rings. The molecule has 2 amide bonds. The van der Waals surface area contributed by atoms with Gasteiger partial charge in [-0.3, -0.25) is 10.1 Å². The van der Waals surface area contributed by atoms with Crippen LogP contribution in [0, 0.1) is 10.1 Å². The van der Waals surface area contributed by atoms with E-state index in [0.717, 1.165) is 36.3 Å². The molecule has 314 valence electrons. The summed E-state index contributed by atoms with van der Waals surface area (Å²) in [5.74, 6) is -1.67. The zero-order valence-corrected chi connectivity index (χ0v) is 35.2. The van der Waals surface area contributed by atoms with Crippen LogP contribution < -0.4 is 0 Å². The molecule has 58 heavy (non-hydrogen) atoms. The SMILES string of the molecule is COC(=O)[C@H](OS(=O)(=O)c1ccc([N+](=O)[O-])cc1)[C@@H](O)[C@@H]1CN(C(=O)OCc2ccccc2)/C(=N/C(=O)OCc2ccccc2)N1CO[Si](C(C)C)(C(C)C)C(C)C. The maximum atomic E-state index is 13.9. The van der Waals surface area contributed by atoms with Gasteiger partial charge in [0.2, 0.25) is 20.4 Å². The lowest BCUT2D eigenvalue weighted by Gasteiger charge is -2.44. The number of guanidine groups is 1. The van der Waals surface area contributed by atoms with E-state index in [4.69, 9.17) is 22.8 Å². The normalized spacial score (nSPS) is 16.5. The number of esters is 1. The van der Waals surface area contributed by atoms with Crippen LogP contribution in [0.4, 0.5) is 15.3 Å². The van der Waals surface area contributed by atoms with Crippen LogP contribution >= 0.6 is 0 Å². The minimum atomic E-state index is -4.89. The monoisotopic (exact) mass is 842 g/mol. The van der Waals surface area contributed by atoms with Gasteiger partial charge in [-0.2, -0.15) is 8.42 Å². The number of carbonyl (C=O) groups excluding carboxylic acids is 3. The summed E-state index contributed by atoms with van der Waals surface area (Å²) in [5, 5.41) is 23.2. The highest BCUT2D eigenvalue weighted by atomic mass is 32.2. The van der Waals surface area contributed by atoms with Gasteiger partial charge in [-0.05, 0) is 39.9 Å². The molecular weight excluding hydrogens is 793 g/mol. The fourth-order valence-electron chi connectivity index (χ4n) is 7.19. The van der Waals surface area contributed by atoms with Gasteiger partial charge >= 0.3 is 18.2 Å². The number of nitro groups is 1. The fraction of sp³-hybridized carbons (Fsp3) is 0.436. The predicted octanol–water partition coefficient (Wildman–Crippen LogP) is 6.37. The average Bonchev–Trinajstić information content (AvgIpc) is 3.55. The lowest BCUT2D eigenvalue weighted by Crippen LogP contribution is -2.55. The van der Waals surface area contributed by atoms with Gasteiger partial charge in [0.1, 0.15) is 26.0 Å². The van der Waals surface area contributed by atoms with Crippen molar-refractivity contribution in [2.45, 2.75) is 94.5 Å². The Kier molecular flexibility index (Phi) is 15.7. The van der Waals surface area contributed by atoms with Crippen LogP contribution in [0.1, 0.15) is 52.7 Å². The van der Waals surface area contributed by atoms with Crippen molar-refractivity contribution in [2.75, 3.05) is 20.4 Å². The molecule has 0 spiro atoms. The van der Waals surface area contributed by atoms with Crippen molar-refractivity contribution in [3.8, 4) is 0 Å². The first-order valence-corrected chi connectivity index (χ1v) is 22.1. The number of methoxy groups -OCH3 is 1. The number of amides is 2. The molecule has 1 saturated heterocycles. The number of aliphatic imine (C=N–C) groups is 1. The summed E-state index contributed by atoms with van der Waals surface area (Å²) >= 11 is 0. The van der Waals surface area contributed by atoms with Crippen molar-refractivity contribution < 1.29 is 55.7 Å². The second kappa shape index (κ2) is 20.0. The van der Waals surface area contributed by atoms with Crippen LogP contribution in [0.15, 0.2) is 94.8 Å². The molecule has 0 saturated carbocycles. The molecule has 0 unspecified atom stereocenters. The molecule has 17 nitrogen and oxygen atoms in total. The van der Waals surface area contributed by atoms with Crippen LogP contribution in [-0.4, -0.2) is 99.3 Å². The van der Waals surface area contributed by atoms with Crippen LogP contribution in [0.5, 0.6) is 0 Å². The number of nitrogens with zero attached hydrogens (tertiary/aromatic N) is 4. The summed E-state index contributed by atoms with van der Waals surface area (Å²) in [4.78, 5) is 57.0. The van der Waals surface area contributed by atoms with Gasteiger partial charge in [-0.15, -0.1) is 4.99 Å². The lowest BCUT2D eigenvalue weighted by molar-refractivity contribution is -0.384. The largest absolute Gasteiger partial charge is 0.467 e. The smallest absolute Gasteiger partial charge is 0.437 e. The van der Waals surface area contributed by atoms with Crippen LogP contribution in [0.2, 0.25) is 16.6 Å². The number of benzene rings is 3. The molecule has 1 aliphatic heterocycles. The quantitative estimate of drug-likeness (QED) is 0.0391. The minimum Gasteiger partial charge on any atom is -0.467 e. The number of carbonyl (C=O) groups is 3. The number of aliphatic hydroxyl groups excluding tert-OH is 1. The minimum absolute atomic E-state index is 0.0552. The third kappa shape index (κ3) is 10.8. The Balaban J connectivity index is 1.81. The van der Waals surface area contributed by atoms with Crippen molar-refractivity contribution in [3.05, 3.63) is 106 Å². The maximum absolute atomic E-state index is 13.9. The third-order valence-corrected chi connectivity index (χ3v) is 17.3. The molecular formula is C39H50N4O13SSi. The summed E-state index contributed by atoms with van der Waals surface area (Å²) in [6, 6.07) is 19.8. The van der Waals surface area contributed by atoms with Crippen LogP contribution in [0.25, 0.3) is 0 Å². The number of hydrogen-bond acceptors (Lipinski definition) is 13.